The molecule has 0 atom stereocenters. The first-order valence-electron chi connectivity index (χ1n) is 14.8. The van der Waals surface area contributed by atoms with Crippen molar-refractivity contribution in [2.24, 2.45) is 9.98 Å². The van der Waals surface area contributed by atoms with Crippen LogP contribution in [0.15, 0.2) is 192 Å². The Kier molecular flexibility index (Phi) is 7.92. The van der Waals surface area contributed by atoms with E-state index < -0.39 is 0 Å². The Morgan fingerprint density at radius 1 is 0.400 bits per heavy atom. The molecule has 0 aliphatic rings. The monoisotopic (exact) mass is 582 g/mol. The molecule has 0 aliphatic heterocycles. The Balaban J connectivity index is 1.71. The van der Waals surface area contributed by atoms with Gasteiger partial charge in [-0.05, 0) is 72.8 Å². The minimum absolute atomic E-state index is 0.487. The quantitative estimate of drug-likeness (QED) is 0.189. The van der Waals surface area contributed by atoms with E-state index in [4.69, 9.17) is 15.0 Å². The molecule has 0 bridgehead atoms. The fraction of sp³-hybridized carbons (Fsp3) is 0. The summed E-state index contributed by atoms with van der Waals surface area (Å²) in [5.41, 5.74) is 6.41. The molecule has 0 unspecified atom stereocenters. The number of para-hydroxylation sites is 6. The molecule has 0 radical (unpaired) electrons. The summed E-state index contributed by atoms with van der Waals surface area (Å²) < 4.78 is 4.12. The fourth-order valence-corrected chi connectivity index (χ4v) is 5.18. The lowest BCUT2D eigenvalue weighted by atomic mass is 10.2. The molecule has 7 rings (SSSR count). The zero-order valence-corrected chi connectivity index (χ0v) is 24.5. The molecule has 6 aromatic carbocycles. The van der Waals surface area contributed by atoms with Crippen LogP contribution < -0.4 is 16.1 Å². The lowest BCUT2D eigenvalue weighted by Crippen LogP contribution is -2.43. The van der Waals surface area contributed by atoms with Crippen LogP contribution in [-0.2, 0) is 0 Å². The summed E-state index contributed by atoms with van der Waals surface area (Å²) in [5, 5.41) is 0. The van der Waals surface area contributed by atoms with Crippen molar-refractivity contribution in [3.8, 4) is 11.4 Å². The average Bonchev–Trinajstić information content (AvgIpc) is 3.11. The molecule has 0 fully saturated rings. The molecule has 7 aromatic rings. The summed E-state index contributed by atoms with van der Waals surface area (Å²) in [6.45, 7) is 0. The van der Waals surface area contributed by atoms with Gasteiger partial charge in [-0.1, -0.05) is 109 Å². The van der Waals surface area contributed by atoms with E-state index in [1.807, 2.05) is 138 Å². The molecule has 0 saturated heterocycles. The molecule has 0 saturated carbocycles. The van der Waals surface area contributed by atoms with Crippen molar-refractivity contribution in [1.29, 1.82) is 0 Å². The molecule has 6 nitrogen and oxygen atoms in total. The van der Waals surface area contributed by atoms with Crippen LogP contribution in [0.5, 0.6) is 0 Å². The van der Waals surface area contributed by atoms with Gasteiger partial charge in [0.15, 0.2) is 0 Å². The number of rotatable bonds is 7. The molecule has 0 amide bonds. The smallest absolute Gasteiger partial charge is 0.240 e. The summed E-state index contributed by atoms with van der Waals surface area (Å²) in [6.07, 6.45) is 0. The second-order valence-electron chi connectivity index (χ2n) is 10.3. The highest BCUT2D eigenvalue weighted by Gasteiger charge is 2.22. The lowest BCUT2D eigenvalue weighted by Gasteiger charge is -2.28. The minimum atomic E-state index is 0.487. The number of hydrogen-bond donors (Lipinski definition) is 0. The third-order valence-corrected chi connectivity index (χ3v) is 7.23. The van der Waals surface area contributed by atoms with Gasteiger partial charge in [-0.15, -0.1) is 0 Å². The zero-order chi connectivity index (χ0) is 30.3. The summed E-state index contributed by atoms with van der Waals surface area (Å²) in [4.78, 5) is 18.0. The first-order valence-corrected chi connectivity index (χ1v) is 14.8. The van der Waals surface area contributed by atoms with Crippen molar-refractivity contribution in [3.63, 3.8) is 0 Å². The third-order valence-electron chi connectivity index (χ3n) is 7.23. The molecular weight excluding hydrogens is 552 g/mol. The third kappa shape index (κ3) is 5.98. The number of nitrogens with zero attached hydrogens (tertiary/aromatic N) is 6. The SMILES string of the molecule is c1ccc(N=c2nc(N(c3ccccc3)c3ccccc3)n(-c3ccccc3)c(=Nc3ccccc3)n2-c2ccccc2)cc1. The van der Waals surface area contributed by atoms with E-state index in [1.54, 1.807) is 0 Å². The number of benzene rings is 6. The van der Waals surface area contributed by atoms with Crippen molar-refractivity contribution < 1.29 is 0 Å². The molecule has 1 aromatic heterocycles. The van der Waals surface area contributed by atoms with Crippen LogP contribution in [0.25, 0.3) is 11.4 Å². The van der Waals surface area contributed by atoms with Gasteiger partial charge in [0.05, 0.1) is 22.7 Å². The second kappa shape index (κ2) is 12.9. The first kappa shape index (κ1) is 27.6. The van der Waals surface area contributed by atoms with E-state index in [0.717, 1.165) is 34.1 Å². The van der Waals surface area contributed by atoms with Gasteiger partial charge in [0.2, 0.25) is 17.2 Å². The minimum Gasteiger partial charge on any atom is -0.280 e. The van der Waals surface area contributed by atoms with Gasteiger partial charge in [-0.2, -0.15) is 4.98 Å². The van der Waals surface area contributed by atoms with E-state index in [2.05, 4.69) is 58.0 Å². The van der Waals surface area contributed by atoms with E-state index in [9.17, 15) is 0 Å². The van der Waals surface area contributed by atoms with Gasteiger partial charge >= 0.3 is 0 Å². The maximum atomic E-state index is 5.40. The summed E-state index contributed by atoms with van der Waals surface area (Å²) >= 11 is 0. The summed E-state index contributed by atoms with van der Waals surface area (Å²) in [6, 6.07) is 60.8. The van der Waals surface area contributed by atoms with Crippen LogP contribution in [0.1, 0.15) is 0 Å². The molecular formula is C39H30N6. The predicted octanol–water partition coefficient (Wildman–Crippen LogP) is 8.60. The first-order chi connectivity index (χ1) is 22.3. The zero-order valence-electron chi connectivity index (χ0n) is 24.5. The number of hydrogen-bond acceptors (Lipinski definition) is 4. The fourth-order valence-electron chi connectivity index (χ4n) is 5.18. The highest BCUT2D eigenvalue weighted by molar-refractivity contribution is 5.73. The number of anilines is 3. The van der Waals surface area contributed by atoms with Crippen molar-refractivity contribution in [1.82, 2.24) is 14.1 Å². The lowest BCUT2D eigenvalue weighted by molar-refractivity contribution is 0.706. The number of aromatic nitrogens is 3. The summed E-state index contributed by atoms with van der Waals surface area (Å²) in [7, 11) is 0. The largest absolute Gasteiger partial charge is 0.280 e. The average molecular weight is 583 g/mol. The van der Waals surface area contributed by atoms with Gasteiger partial charge in [0.25, 0.3) is 0 Å². The Morgan fingerprint density at radius 2 is 0.778 bits per heavy atom. The molecule has 216 valence electrons. The maximum absolute atomic E-state index is 5.40. The van der Waals surface area contributed by atoms with Crippen LogP contribution in [0.3, 0.4) is 0 Å². The molecule has 45 heavy (non-hydrogen) atoms. The van der Waals surface area contributed by atoms with Crippen molar-refractivity contribution >= 4 is 28.7 Å². The van der Waals surface area contributed by atoms with E-state index in [1.165, 1.54) is 0 Å². The molecule has 1 heterocycles. The highest BCUT2D eigenvalue weighted by atomic mass is 15.4. The Bertz CT molecular complexity index is 2090. The van der Waals surface area contributed by atoms with Crippen LogP contribution in [-0.4, -0.2) is 14.1 Å². The molecule has 0 spiro atoms. The van der Waals surface area contributed by atoms with Crippen LogP contribution in [0.4, 0.5) is 28.7 Å². The Hall–Kier alpha value is -6.27. The Labute approximate surface area is 261 Å². The standard InChI is InChI=1S/C39H30N6/c1-7-19-31(20-8-1)40-37-42-39(43(33-23-11-3-12-24-33)34-25-13-4-14-26-34)45(36-29-17-6-18-30-36)38(41-32-21-9-2-10-22-32)44(37)35-27-15-5-16-28-35/h1-30H. The van der Waals surface area contributed by atoms with Crippen LogP contribution in [0, 0.1) is 0 Å². The molecule has 6 heteroatoms. The van der Waals surface area contributed by atoms with Gasteiger partial charge < -0.3 is 0 Å². The maximum Gasteiger partial charge on any atom is 0.240 e. The van der Waals surface area contributed by atoms with Crippen LogP contribution in [0.2, 0.25) is 0 Å². The van der Waals surface area contributed by atoms with Crippen molar-refractivity contribution in [2.75, 3.05) is 4.90 Å². The normalized spacial score (nSPS) is 11.8. The summed E-state index contributed by atoms with van der Waals surface area (Å²) in [5.74, 6) is 0.634. The topological polar surface area (TPSA) is 50.7 Å². The van der Waals surface area contributed by atoms with Crippen molar-refractivity contribution in [3.05, 3.63) is 193 Å². The van der Waals surface area contributed by atoms with Crippen LogP contribution >= 0.6 is 0 Å². The van der Waals surface area contributed by atoms with E-state index >= 15 is 0 Å². The predicted molar refractivity (Wildman–Crippen MR) is 181 cm³/mol. The van der Waals surface area contributed by atoms with Gasteiger partial charge in [-0.3, -0.25) is 4.90 Å². The van der Waals surface area contributed by atoms with E-state index in [-0.39, 0.29) is 0 Å². The molecule has 0 N–H and O–H groups in total. The van der Waals surface area contributed by atoms with Crippen molar-refractivity contribution in [2.45, 2.75) is 0 Å². The van der Waals surface area contributed by atoms with Gasteiger partial charge in [-0.25, -0.2) is 19.1 Å². The highest BCUT2D eigenvalue weighted by Crippen LogP contribution is 2.33. The Morgan fingerprint density at radius 3 is 1.24 bits per heavy atom. The second-order valence-corrected chi connectivity index (χ2v) is 10.3. The van der Waals surface area contributed by atoms with Gasteiger partial charge in [0, 0.05) is 11.4 Å². The van der Waals surface area contributed by atoms with Gasteiger partial charge in [0.1, 0.15) is 0 Å². The molecule has 0 aliphatic carbocycles. The van der Waals surface area contributed by atoms with E-state index in [0.29, 0.717) is 17.2 Å².